The van der Waals surface area contributed by atoms with Gasteiger partial charge in [0.1, 0.15) is 0 Å². The number of carbonyl (C=O) groups is 1. The molecule has 0 atom stereocenters. The van der Waals surface area contributed by atoms with Crippen molar-refractivity contribution in [3.8, 4) is 0 Å². The second-order valence-corrected chi connectivity index (χ2v) is 2.94. The second kappa shape index (κ2) is 3.45. The van der Waals surface area contributed by atoms with E-state index >= 15 is 0 Å². The van der Waals surface area contributed by atoms with Crippen molar-refractivity contribution in [3.63, 3.8) is 0 Å². The molecule has 1 heterocycles. The van der Waals surface area contributed by atoms with Crippen molar-refractivity contribution >= 4 is 17.0 Å². The van der Waals surface area contributed by atoms with Gasteiger partial charge in [-0.3, -0.25) is 4.79 Å². The SMILES string of the molecule is NC(=O)On1c(=O)ccc2ccccc21. The van der Waals surface area contributed by atoms with Crippen LogP contribution in [0, 0.1) is 0 Å². The van der Waals surface area contributed by atoms with E-state index in [0.29, 0.717) is 5.52 Å². The molecule has 1 amide bonds. The van der Waals surface area contributed by atoms with Gasteiger partial charge in [0.15, 0.2) is 0 Å². The Morgan fingerprint density at radius 3 is 2.67 bits per heavy atom. The van der Waals surface area contributed by atoms with Crippen LogP contribution in [-0.4, -0.2) is 10.8 Å². The summed E-state index contributed by atoms with van der Waals surface area (Å²) in [5.74, 6) is 0. The largest absolute Gasteiger partial charge is 0.429 e. The third kappa shape index (κ3) is 1.67. The van der Waals surface area contributed by atoms with E-state index in [1.54, 1.807) is 24.3 Å². The van der Waals surface area contributed by atoms with Gasteiger partial charge in [-0.25, -0.2) is 4.79 Å². The summed E-state index contributed by atoms with van der Waals surface area (Å²) in [6.07, 6.45) is -1.02. The predicted octanol–water partition coefficient (Wildman–Crippen LogP) is 0.509. The summed E-state index contributed by atoms with van der Waals surface area (Å²) >= 11 is 0. The molecule has 0 unspecified atom stereocenters. The number of primary amides is 1. The zero-order valence-electron chi connectivity index (χ0n) is 7.71. The molecule has 0 radical (unpaired) electrons. The molecule has 15 heavy (non-hydrogen) atoms. The molecule has 5 nitrogen and oxygen atoms in total. The van der Waals surface area contributed by atoms with E-state index in [4.69, 9.17) is 5.73 Å². The molecule has 1 aromatic carbocycles. The van der Waals surface area contributed by atoms with Gasteiger partial charge in [0.25, 0.3) is 5.56 Å². The van der Waals surface area contributed by atoms with Gasteiger partial charge in [-0.15, -0.1) is 4.73 Å². The Kier molecular flexibility index (Phi) is 2.13. The molecule has 0 saturated heterocycles. The molecule has 2 rings (SSSR count). The average Bonchev–Trinajstić information content (AvgIpc) is 2.22. The van der Waals surface area contributed by atoms with Gasteiger partial charge in [-0.1, -0.05) is 18.2 Å². The van der Waals surface area contributed by atoms with Gasteiger partial charge in [-0.2, -0.15) is 0 Å². The molecule has 0 aliphatic carbocycles. The van der Waals surface area contributed by atoms with Gasteiger partial charge in [0.2, 0.25) is 0 Å². The second-order valence-electron chi connectivity index (χ2n) is 2.94. The highest BCUT2D eigenvalue weighted by molar-refractivity contribution is 5.79. The summed E-state index contributed by atoms with van der Waals surface area (Å²) in [5, 5.41) is 0.790. The number of para-hydroxylation sites is 1. The fourth-order valence-corrected chi connectivity index (χ4v) is 1.35. The van der Waals surface area contributed by atoms with Crippen molar-refractivity contribution in [3.05, 3.63) is 46.8 Å². The maximum Gasteiger partial charge on any atom is 0.429 e. The lowest BCUT2D eigenvalue weighted by Crippen LogP contribution is -2.33. The van der Waals surface area contributed by atoms with Crippen molar-refractivity contribution in [2.24, 2.45) is 5.73 Å². The Labute approximate surface area is 84.6 Å². The molecule has 0 bridgehead atoms. The van der Waals surface area contributed by atoms with E-state index in [2.05, 4.69) is 4.84 Å². The first-order chi connectivity index (χ1) is 7.18. The van der Waals surface area contributed by atoms with E-state index in [1.807, 2.05) is 6.07 Å². The third-order valence-electron chi connectivity index (χ3n) is 1.94. The molecular weight excluding hydrogens is 196 g/mol. The van der Waals surface area contributed by atoms with Crippen LogP contribution in [0.4, 0.5) is 4.79 Å². The van der Waals surface area contributed by atoms with Crippen LogP contribution in [0.25, 0.3) is 10.9 Å². The summed E-state index contributed by atoms with van der Waals surface area (Å²) in [6, 6.07) is 9.99. The maximum absolute atomic E-state index is 11.4. The summed E-state index contributed by atoms with van der Waals surface area (Å²) in [7, 11) is 0. The van der Waals surface area contributed by atoms with E-state index in [-0.39, 0.29) is 0 Å². The molecule has 0 aliphatic heterocycles. The number of nitrogens with zero attached hydrogens (tertiary/aromatic N) is 1. The first-order valence-corrected chi connectivity index (χ1v) is 4.27. The molecule has 1 aromatic heterocycles. The minimum Gasteiger partial charge on any atom is -0.333 e. The molecule has 0 aliphatic rings. The normalized spacial score (nSPS) is 10.1. The Morgan fingerprint density at radius 2 is 1.93 bits per heavy atom. The van der Waals surface area contributed by atoms with E-state index in [0.717, 1.165) is 10.1 Å². The minimum atomic E-state index is -1.02. The fraction of sp³-hybridized carbons (Fsp3) is 0. The molecule has 0 fully saturated rings. The molecule has 2 N–H and O–H groups in total. The molecule has 2 aromatic rings. The number of aromatic nitrogens is 1. The maximum atomic E-state index is 11.4. The minimum absolute atomic E-state index is 0.437. The van der Waals surface area contributed by atoms with Crippen molar-refractivity contribution in [1.82, 2.24) is 4.73 Å². The Balaban J connectivity index is 2.74. The number of nitrogens with two attached hydrogens (primary N) is 1. The number of rotatable bonds is 1. The molecular formula is C10H8N2O3. The highest BCUT2D eigenvalue weighted by Crippen LogP contribution is 2.09. The van der Waals surface area contributed by atoms with Gasteiger partial charge < -0.3 is 10.6 Å². The zero-order chi connectivity index (χ0) is 10.8. The number of hydrogen-bond donors (Lipinski definition) is 1. The number of carbonyl (C=O) groups excluding carboxylic acids is 1. The van der Waals surface area contributed by atoms with Crippen molar-refractivity contribution in [1.29, 1.82) is 0 Å². The van der Waals surface area contributed by atoms with E-state index in [1.165, 1.54) is 6.07 Å². The fourth-order valence-electron chi connectivity index (χ4n) is 1.35. The smallest absolute Gasteiger partial charge is 0.333 e. The Hall–Kier alpha value is -2.30. The van der Waals surface area contributed by atoms with Crippen LogP contribution in [0.2, 0.25) is 0 Å². The van der Waals surface area contributed by atoms with Crippen LogP contribution < -0.4 is 16.1 Å². The first-order valence-electron chi connectivity index (χ1n) is 4.27. The highest BCUT2D eigenvalue weighted by Gasteiger charge is 2.05. The van der Waals surface area contributed by atoms with Crippen molar-refractivity contribution in [2.75, 3.05) is 0 Å². The van der Waals surface area contributed by atoms with Crippen molar-refractivity contribution < 1.29 is 9.63 Å². The lowest BCUT2D eigenvalue weighted by molar-refractivity contribution is 0.144. The third-order valence-corrected chi connectivity index (χ3v) is 1.94. The lowest BCUT2D eigenvalue weighted by Gasteiger charge is -2.06. The summed E-state index contributed by atoms with van der Waals surface area (Å²) in [6.45, 7) is 0. The molecule has 76 valence electrons. The summed E-state index contributed by atoms with van der Waals surface area (Å²) in [5.41, 5.74) is 4.93. The lowest BCUT2D eigenvalue weighted by atomic mass is 10.2. The summed E-state index contributed by atoms with van der Waals surface area (Å²) < 4.78 is 0.873. The molecule has 5 heteroatoms. The Bertz CT molecular complexity index is 574. The van der Waals surface area contributed by atoms with Gasteiger partial charge in [0, 0.05) is 11.5 Å². The number of fused-ring (bicyclic) bond motifs is 1. The first kappa shape index (κ1) is 9.26. The number of pyridine rings is 1. The topological polar surface area (TPSA) is 74.3 Å². The van der Waals surface area contributed by atoms with Crippen molar-refractivity contribution in [2.45, 2.75) is 0 Å². The molecule has 0 saturated carbocycles. The monoisotopic (exact) mass is 204 g/mol. The van der Waals surface area contributed by atoms with Crippen LogP contribution in [0.1, 0.15) is 0 Å². The standard InChI is InChI=1S/C10H8N2O3/c11-10(14)15-12-8-4-2-1-3-7(8)5-6-9(12)13/h1-6H,(H2,11,14). The van der Waals surface area contributed by atoms with Crippen LogP contribution in [-0.2, 0) is 0 Å². The number of hydrogen-bond acceptors (Lipinski definition) is 3. The summed E-state index contributed by atoms with van der Waals surface area (Å²) in [4.78, 5) is 26.6. The average molecular weight is 204 g/mol. The van der Waals surface area contributed by atoms with Crippen LogP contribution in [0.3, 0.4) is 0 Å². The van der Waals surface area contributed by atoms with E-state index in [9.17, 15) is 9.59 Å². The van der Waals surface area contributed by atoms with Crippen LogP contribution in [0.15, 0.2) is 41.2 Å². The van der Waals surface area contributed by atoms with Gasteiger partial charge in [-0.05, 0) is 12.1 Å². The van der Waals surface area contributed by atoms with Gasteiger partial charge >= 0.3 is 6.09 Å². The van der Waals surface area contributed by atoms with E-state index < -0.39 is 11.7 Å². The van der Waals surface area contributed by atoms with Crippen LogP contribution >= 0.6 is 0 Å². The predicted molar refractivity (Wildman–Crippen MR) is 54.4 cm³/mol. The Morgan fingerprint density at radius 1 is 1.20 bits per heavy atom. The highest BCUT2D eigenvalue weighted by atomic mass is 16.7. The number of amides is 1. The zero-order valence-corrected chi connectivity index (χ0v) is 7.71. The quantitative estimate of drug-likeness (QED) is 0.735. The van der Waals surface area contributed by atoms with Crippen LogP contribution in [0.5, 0.6) is 0 Å². The number of benzene rings is 1. The van der Waals surface area contributed by atoms with Gasteiger partial charge in [0.05, 0.1) is 5.52 Å². The molecule has 0 spiro atoms.